The van der Waals surface area contributed by atoms with E-state index in [2.05, 4.69) is 5.32 Å². The highest BCUT2D eigenvalue weighted by Crippen LogP contribution is 2.32. The van der Waals surface area contributed by atoms with Crippen LogP contribution in [0, 0.1) is 17.2 Å². The third kappa shape index (κ3) is 6.48. The molecule has 1 heterocycles. The number of benzene rings is 2. The summed E-state index contributed by atoms with van der Waals surface area (Å²) in [5.74, 6) is -0.658. The second-order valence-corrected chi connectivity index (χ2v) is 10.4. The van der Waals surface area contributed by atoms with E-state index in [1.807, 2.05) is 24.3 Å². The molecular weight excluding hydrogens is 475 g/mol. The third-order valence-electron chi connectivity index (χ3n) is 7.13. The van der Waals surface area contributed by atoms with Gasteiger partial charge in [0.25, 0.3) is 5.91 Å². The van der Waals surface area contributed by atoms with Crippen molar-refractivity contribution in [1.82, 2.24) is 4.90 Å². The molecule has 2 aliphatic rings. The number of piperidine rings is 1. The summed E-state index contributed by atoms with van der Waals surface area (Å²) in [5, 5.41) is 2.78. The minimum absolute atomic E-state index is 0.173. The molecule has 1 saturated carbocycles. The van der Waals surface area contributed by atoms with Crippen LogP contribution in [-0.2, 0) is 14.3 Å². The number of esters is 1. The van der Waals surface area contributed by atoms with Crippen LogP contribution >= 0.6 is 0 Å². The molecule has 0 unspecified atom stereocenters. The van der Waals surface area contributed by atoms with Gasteiger partial charge in [-0.2, -0.15) is 0 Å². The van der Waals surface area contributed by atoms with Gasteiger partial charge < -0.3 is 19.7 Å². The van der Waals surface area contributed by atoms with Crippen molar-refractivity contribution >= 4 is 23.5 Å². The van der Waals surface area contributed by atoms with Crippen molar-refractivity contribution in [3.63, 3.8) is 0 Å². The summed E-state index contributed by atoms with van der Waals surface area (Å²) >= 11 is 0. The van der Waals surface area contributed by atoms with Crippen molar-refractivity contribution in [3.8, 4) is 5.75 Å². The quantitative estimate of drug-likeness (QED) is 0.372. The highest BCUT2D eigenvalue weighted by molar-refractivity contribution is 6.08. The van der Waals surface area contributed by atoms with Gasteiger partial charge in [-0.05, 0) is 94.2 Å². The smallest absolute Gasteiger partial charge is 0.321 e. The van der Waals surface area contributed by atoms with Gasteiger partial charge in [-0.15, -0.1) is 0 Å². The zero-order valence-electron chi connectivity index (χ0n) is 21.7. The van der Waals surface area contributed by atoms with Crippen molar-refractivity contribution in [2.45, 2.75) is 52.4 Å². The van der Waals surface area contributed by atoms with Gasteiger partial charge in [0.2, 0.25) is 5.91 Å². The monoisotopic (exact) mass is 510 g/mol. The first-order valence-corrected chi connectivity index (χ1v) is 13.0. The first-order valence-electron chi connectivity index (χ1n) is 13.0. The lowest BCUT2D eigenvalue weighted by Gasteiger charge is -2.32. The topological polar surface area (TPSA) is 84.9 Å². The Labute approximate surface area is 217 Å². The molecule has 0 bridgehead atoms. The maximum atomic E-state index is 14.4. The van der Waals surface area contributed by atoms with Gasteiger partial charge in [-0.3, -0.25) is 14.4 Å². The molecule has 2 aromatic carbocycles. The molecular formula is C29H35FN2O5. The summed E-state index contributed by atoms with van der Waals surface area (Å²) in [6, 6.07) is 12.0. The maximum absolute atomic E-state index is 14.4. The molecule has 0 aromatic heterocycles. The van der Waals surface area contributed by atoms with Crippen LogP contribution in [0.5, 0.6) is 5.75 Å². The van der Waals surface area contributed by atoms with Gasteiger partial charge in [0, 0.05) is 24.3 Å². The molecule has 2 aromatic rings. The number of ether oxygens (including phenoxy) is 2. The van der Waals surface area contributed by atoms with Crippen LogP contribution in [0.2, 0.25) is 0 Å². The number of anilines is 1. The van der Waals surface area contributed by atoms with E-state index < -0.39 is 23.1 Å². The Morgan fingerprint density at radius 2 is 1.70 bits per heavy atom. The Kier molecular flexibility index (Phi) is 8.15. The summed E-state index contributed by atoms with van der Waals surface area (Å²) in [6.45, 7) is 6.68. The molecule has 7 nitrogen and oxygen atoms in total. The molecule has 2 amide bonds. The molecule has 2 fully saturated rings. The molecule has 1 N–H and O–H groups in total. The lowest BCUT2D eigenvalue weighted by Crippen LogP contribution is -2.39. The maximum Gasteiger partial charge on any atom is 0.321 e. The number of nitrogens with one attached hydrogen (secondary N) is 1. The fourth-order valence-electron chi connectivity index (χ4n) is 4.37. The molecule has 0 radical (unpaired) electrons. The lowest BCUT2D eigenvalue weighted by atomic mass is 9.89. The third-order valence-corrected chi connectivity index (χ3v) is 7.13. The number of hydrogen-bond donors (Lipinski definition) is 1. The number of hydrogen-bond acceptors (Lipinski definition) is 5. The van der Waals surface area contributed by atoms with Crippen LogP contribution in [-0.4, -0.2) is 49.0 Å². The molecule has 37 heavy (non-hydrogen) atoms. The predicted molar refractivity (Wildman–Crippen MR) is 138 cm³/mol. The van der Waals surface area contributed by atoms with Crippen LogP contribution in [0.3, 0.4) is 0 Å². The predicted octanol–water partition coefficient (Wildman–Crippen LogP) is 5.16. The van der Waals surface area contributed by atoms with Crippen LogP contribution in [0.4, 0.5) is 10.1 Å². The zero-order valence-corrected chi connectivity index (χ0v) is 21.7. The van der Waals surface area contributed by atoms with Crippen molar-refractivity contribution in [3.05, 3.63) is 59.4 Å². The van der Waals surface area contributed by atoms with E-state index in [1.54, 1.807) is 24.0 Å². The van der Waals surface area contributed by atoms with E-state index >= 15 is 0 Å². The summed E-state index contributed by atoms with van der Waals surface area (Å²) in [5.41, 5.74) is 0.768. The van der Waals surface area contributed by atoms with Gasteiger partial charge >= 0.3 is 5.97 Å². The molecule has 1 aliphatic carbocycles. The first kappa shape index (κ1) is 26.6. The Hall–Kier alpha value is -3.42. The minimum Gasteiger partial charge on any atom is -0.490 e. The Balaban J connectivity index is 1.29. The summed E-state index contributed by atoms with van der Waals surface area (Å²) < 4.78 is 25.0. The number of rotatable bonds is 9. The highest BCUT2D eigenvalue weighted by Gasteiger charge is 2.37. The largest absolute Gasteiger partial charge is 0.490 e. The number of nitrogens with zero attached hydrogens (tertiary/aromatic N) is 1. The van der Waals surface area contributed by atoms with Gasteiger partial charge in [-0.25, -0.2) is 4.39 Å². The summed E-state index contributed by atoms with van der Waals surface area (Å²) in [7, 11) is 0. The second kappa shape index (κ2) is 11.3. The second-order valence-electron chi connectivity index (χ2n) is 10.4. The van der Waals surface area contributed by atoms with Gasteiger partial charge in [0.1, 0.15) is 5.41 Å². The number of halogens is 1. The number of amides is 2. The standard InChI is InChI=1S/C29H35FN2O5/c1-4-36-28(35)29(2,3)27(34)31-23-10-7-20(8-11-23)21-13-15-32(16-14-21)26(33)22-9-12-25(24(30)17-22)37-18-19-5-6-19/h7-12,17,19,21H,4-6,13-16,18H2,1-3H3,(H,31,34). The molecule has 4 rings (SSSR count). The van der Waals surface area contributed by atoms with Crippen molar-refractivity contribution < 1.29 is 28.2 Å². The number of likely N-dealkylation sites (tertiary alicyclic amines) is 1. The molecule has 8 heteroatoms. The van der Waals surface area contributed by atoms with E-state index in [-0.39, 0.29) is 24.2 Å². The van der Waals surface area contributed by atoms with Crippen LogP contribution in [0.15, 0.2) is 42.5 Å². The van der Waals surface area contributed by atoms with Crippen LogP contribution < -0.4 is 10.1 Å². The number of carbonyl (C=O) groups excluding carboxylic acids is 3. The molecule has 1 aliphatic heterocycles. The van der Waals surface area contributed by atoms with Crippen molar-refractivity contribution in [1.29, 1.82) is 0 Å². The van der Waals surface area contributed by atoms with Crippen LogP contribution in [0.25, 0.3) is 0 Å². The SMILES string of the molecule is CCOC(=O)C(C)(C)C(=O)Nc1ccc(C2CCN(C(=O)c3ccc(OCC4CC4)c(F)c3)CC2)cc1. The fraction of sp³-hybridized carbons (Fsp3) is 0.483. The normalized spacial score (nSPS) is 16.3. The fourth-order valence-corrected chi connectivity index (χ4v) is 4.37. The average Bonchev–Trinajstić information content (AvgIpc) is 3.73. The molecule has 1 saturated heterocycles. The van der Waals surface area contributed by atoms with E-state index in [0.29, 0.717) is 36.9 Å². The van der Waals surface area contributed by atoms with Gasteiger partial charge in [-0.1, -0.05) is 12.1 Å². The molecule has 0 atom stereocenters. The lowest BCUT2D eigenvalue weighted by molar-refractivity contribution is -0.157. The average molecular weight is 511 g/mol. The van der Waals surface area contributed by atoms with Crippen LogP contribution in [0.1, 0.15) is 68.3 Å². The Morgan fingerprint density at radius 3 is 2.30 bits per heavy atom. The zero-order chi connectivity index (χ0) is 26.6. The van der Waals surface area contributed by atoms with E-state index in [9.17, 15) is 18.8 Å². The van der Waals surface area contributed by atoms with Crippen molar-refractivity contribution in [2.75, 3.05) is 31.6 Å². The molecule has 198 valence electrons. The minimum atomic E-state index is -1.29. The summed E-state index contributed by atoms with van der Waals surface area (Å²) in [4.78, 5) is 39.4. The summed E-state index contributed by atoms with van der Waals surface area (Å²) in [6.07, 6.45) is 3.84. The molecule has 0 spiro atoms. The highest BCUT2D eigenvalue weighted by atomic mass is 19.1. The van der Waals surface area contributed by atoms with E-state index in [4.69, 9.17) is 9.47 Å². The van der Waals surface area contributed by atoms with E-state index in [1.165, 1.54) is 19.9 Å². The Bertz CT molecular complexity index is 1140. The number of carbonyl (C=O) groups is 3. The van der Waals surface area contributed by atoms with Gasteiger partial charge in [0.15, 0.2) is 11.6 Å². The van der Waals surface area contributed by atoms with Crippen molar-refractivity contribution in [2.24, 2.45) is 11.3 Å². The van der Waals surface area contributed by atoms with E-state index in [0.717, 1.165) is 31.2 Å². The van der Waals surface area contributed by atoms with Gasteiger partial charge in [0.05, 0.1) is 13.2 Å². The first-order chi connectivity index (χ1) is 17.7. The Morgan fingerprint density at radius 1 is 1.03 bits per heavy atom.